The molecule has 0 aliphatic heterocycles. The molecule has 0 fully saturated rings. The van der Waals surface area contributed by atoms with Gasteiger partial charge in [-0.3, -0.25) is 0 Å². The Bertz CT molecular complexity index is 452. The highest BCUT2D eigenvalue weighted by molar-refractivity contribution is 5.87. The molecule has 0 amide bonds. The minimum absolute atomic E-state index is 0.0974. The molecule has 1 unspecified atom stereocenters. The van der Waals surface area contributed by atoms with Crippen LogP contribution >= 0.6 is 0 Å². The molecular formula is C12H14N2. The van der Waals surface area contributed by atoms with E-state index < -0.39 is 0 Å². The zero-order valence-electron chi connectivity index (χ0n) is 8.20. The van der Waals surface area contributed by atoms with Crippen molar-refractivity contribution >= 4 is 17.0 Å². The lowest BCUT2D eigenvalue weighted by atomic mass is 10.1. The molecule has 0 saturated carbocycles. The number of benzene rings is 1. The van der Waals surface area contributed by atoms with Crippen LogP contribution in [0.1, 0.15) is 12.5 Å². The van der Waals surface area contributed by atoms with Gasteiger partial charge in [-0.1, -0.05) is 30.4 Å². The lowest BCUT2D eigenvalue weighted by molar-refractivity contribution is 0.931. The summed E-state index contributed by atoms with van der Waals surface area (Å²) in [7, 11) is 0. The number of hydrogen-bond donors (Lipinski definition) is 2. The first-order valence-electron chi connectivity index (χ1n) is 4.77. The molecule has 2 nitrogen and oxygen atoms in total. The molecule has 1 heterocycles. The average Bonchev–Trinajstić information content (AvgIpc) is 2.62. The molecule has 3 N–H and O–H groups in total. The summed E-state index contributed by atoms with van der Waals surface area (Å²) in [4.78, 5) is 3.22. The van der Waals surface area contributed by atoms with Crippen molar-refractivity contribution in [3.8, 4) is 0 Å². The van der Waals surface area contributed by atoms with Crippen LogP contribution < -0.4 is 5.73 Å². The van der Waals surface area contributed by atoms with E-state index in [1.807, 2.05) is 19.2 Å². The van der Waals surface area contributed by atoms with Crippen LogP contribution in [0.15, 0.2) is 36.5 Å². The molecule has 2 heteroatoms. The number of aromatic nitrogens is 1. The van der Waals surface area contributed by atoms with Crippen molar-refractivity contribution in [2.45, 2.75) is 13.0 Å². The second-order valence-electron chi connectivity index (χ2n) is 3.51. The largest absolute Gasteiger partial charge is 0.361 e. The Morgan fingerprint density at radius 2 is 2.21 bits per heavy atom. The fourth-order valence-electron chi connectivity index (χ4n) is 1.50. The highest BCUT2D eigenvalue weighted by atomic mass is 14.7. The monoisotopic (exact) mass is 186 g/mol. The Morgan fingerprint density at radius 1 is 1.36 bits per heavy atom. The fourth-order valence-corrected chi connectivity index (χ4v) is 1.50. The number of fused-ring (bicyclic) bond motifs is 1. The van der Waals surface area contributed by atoms with E-state index in [2.05, 4.69) is 35.3 Å². The van der Waals surface area contributed by atoms with Crippen molar-refractivity contribution in [1.82, 2.24) is 4.98 Å². The van der Waals surface area contributed by atoms with Crippen LogP contribution in [0, 0.1) is 0 Å². The number of nitrogens with two attached hydrogens (primary N) is 1. The molecule has 2 rings (SSSR count). The van der Waals surface area contributed by atoms with Gasteiger partial charge < -0.3 is 10.7 Å². The summed E-state index contributed by atoms with van der Waals surface area (Å²) in [6.07, 6.45) is 6.01. The van der Waals surface area contributed by atoms with Gasteiger partial charge in [-0.15, -0.1) is 0 Å². The Hall–Kier alpha value is -1.54. The Balaban J connectivity index is 2.46. The van der Waals surface area contributed by atoms with Crippen molar-refractivity contribution in [3.05, 3.63) is 42.1 Å². The van der Waals surface area contributed by atoms with Crippen LogP contribution in [0.5, 0.6) is 0 Å². The Kier molecular flexibility index (Phi) is 2.37. The number of nitrogens with one attached hydrogen (secondary N) is 1. The third-order valence-electron chi connectivity index (χ3n) is 2.20. The van der Waals surface area contributed by atoms with Gasteiger partial charge in [0.05, 0.1) is 5.52 Å². The summed E-state index contributed by atoms with van der Waals surface area (Å²) < 4.78 is 0. The lowest BCUT2D eigenvalue weighted by Crippen LogP contribution is -2.09. The maximum Gasteiger partial charge on any atom is 0.0527 e. The molecule has 0 radical (unpaired) electrons. The van der Waals surface area contributed by atoms with Crippen molar-refractivity contribution in [2.75, 3.05) is 0 Å². The zero-order chi connectivity index (χ0) is 9.97. The first kappa shape index (κ1) is 9.03. The molecule has 14 heavy (non-hydrogen) atoms. The maximum absolute atomic E-state index is 5.66. The molecular weight excluding hydrogens is 172 g/mol. The van der Waals surface area contributed by atoms with Crippen LogP contribution in [0.25, 0.3) is 17.0 Å². The number of para-hydroxylation sites is 1. The van der Waals surface area contributed by atoms with Gasteiger partial charge in [0, 0.05) is 12.2 Å². The fraction of sp³-hybridized carbons (Fsp3) is 0.167. The zero-order valence-corrected chi connectivity index (χ0v) is 8.20. The van der Waals surface area contributed by atoms with Crippen LogP contribution in [0.2, 0.25) is 0 Å². The van der Waals surface area contributed by atoms with E-state index in [0.717, 1.165) is 0 Å². The molecule has 0 spiro atoms. The van der Waals surface area contributed by atoms with E-state index in [1.165, 1.54) is 16.5 Å². The van der Waals surface area contributed by atoms with Gasteiger partial charge in [0.25, 0.3) is 0 Å². The second-order valence-corrected chi connectivity index (χ2v) is 3.51. The normalized spacial score (nSPS) is 13.9. The molecule has 1 aromatic heterocycles. The summed E-state index contributed by atoms with van der Waals surface area (Å²) in [5, 5.41) is 1.23. The summed E-state index contributed by atoms with van der Waals surface area (Å²) in [6.45, 7) is 1.96. The van der Waals surface area contributed by atoms with Gasteiger partial charge in [-0.2, -0.15) is 0 Å². The van der Waals surface area contributed by atoms with Crippen molar-refractivity contribution in [2.24, 2.45) is 5.73 Å². The van der Waals surface area contributed by atoms with Crippen LogP contribution in [-0.2, 0) is 0 Å². The highest BCUT2D eigenvalue weighted by Gasteiger charge is 1.97. The molecule has 1 atom stereocenters. The minimum Gasteiger partial charge on any atom is -0.361 e. The van der Waals surface area contributed by atoms with E-state index >= 15 is 0 Å². The minimum atomic E-state index is 0.0974. The predicted molar refractivity (Wildman–Crippen MR) is 61.0 cm³/mol. The first-order valence-corrected chi connectivity index (χ1v) is 4.77. The summed E-state index contributed by atoms with van der Waals surface area (Å²) >= 11 is 0. The molecule has 0 aliphatic rings. The molecule has 1 aromatic carbocycles. The van der Waals surface area contributed by atoms with Crippen molar-refractivity contribution in [3.63, 3.8) is 0 Å². The Labute approximate surface area is 83.4 Å². The van der Waals surface area contributed by atoms with Gasteiger partial charge in [0.15, 0.2) is 0 Å². The van der Waals surface area contributed by atoms with E-state index in [1.54, 1.807) is 0 Å². The molecule has 0 bridgehead atoms. The second kappa shape index (κ2) is 3.68. The van der Waals surface area contributed by atoms with Gasteiger partial charge in [0.2, 0.25) is 0 Å². The summed E-state index contributed by atoms with van der Waals surface area (Å²) in [6, 6.07) is 8.39. The van der Waals surface area contributed by atoms with Gasteiger partial charge >= 0.3 is 0 Å². The molecule has 0 aliphatic carbocycles. The average molecular weight is 186 g/mol. The van der Waals surface area contributed by atoms with E-state index in [9.17, 15) is 0 Å². The van der Waals surface area contributed by atoms with Crippen LogP contribution in [0.3, 0.4) is 0 Å². The van der Waals surface area contributed by atoms with Crippen molar-refractivity contribution < 1.29 is 0 Å². The topological polar surface area (TPSA) is 41.8 Å². The quantitative estimate of drug-likeness (QED) is 0.743. The van der Waals surface area contributed by atoms with E-state index in [-0.39, 0.29) is 6.04 Å². The van der Waals surface area contributed by atoms with Gasteiger partial charge in [-0.25, -0.2) is 0 Å². The maximum atomic E-state index is 5.66. The predicted octanol–water partition coefficient (Wildman–Crippen LogP) is 2.53. The first-order chi connectivity index (χ1) is 6.77. The third-order valence-corrected chi connectivity index (χ3v) is 2.20. The number of H-pyrrole nitrogens is 1. The molecule has 2 aromatic rings. The molecule has 72 valence electrons. The van der Waals surface area contributed by atoms with E-state index in [4.69, 9.17) is 5.73 Å². The standard InChI is InChI=1S/C12H14N2/c1-9(13)5-6-10-3-2-4-11-7-8-14-12(10)11/h2-9,14H,13H2,1H3/b6-5+. The molecule has 0 saturated heterocycles. The summed E-state index contributed by atoms with van der Waals surface area (Å²) in [5.41, 5.74) is 8.02. The highest BCUT2D eigenvalue weighted by Crippen LogP contribution is 2.17. The third kappa shape index (κ3) is 1.70. The van der Waals surface area contributed by atoms with Gasteiger partial charge in [-0.05, 0) is 23.9 Å². The summed E-state index contributed by atoms with van der Waals surface area (Å²) in [5.74, 6) is 0. The van der Waals surface area contributed by atoms with Crippen molar-refractivity contribution in [1.29, 1.82) is 0 Å². The smallest absolute Gasteiger partial charge is 0.0527 e. The van der Waals surface area contributed by atoms with Gasteiger partial charge in [0.1, 0.15) is 0 Å². The van der Waals surface area contributed by atoms with Crippen LogP contribution in [0.4, 0.5) is 0 Å². The van der Waals surface area contributed by atoms with Crippen LogP contribution in [-0.4, -0.2) is 11.0 Å². The number of rotatable bonds is 2. The lowest BCUT2D eigenvalue weighted by Gasteiger charge is -1.98. The Morgan fingerprint density at radius 3 is 3.00 bits per heavy atom. The van der Waals surface area contributed by atoms with E-state index in [0.29, 0.717) is 0 Å². The SMILES string of the molecule is CC(N)/C=C/c1cccc2cc[nH]c12. The number of aromatic amines is 1. The number of hydrogen-bond acceptors (Lipinski definition) is 1.